The fourth-order valence-electron chi connectivity index (χ4n) is 1.53. The van der Waals surface area contributed by atoms with Crippen LogP contribution >= 0.6 is 0 Å². The number of methoxy groups -OCH3 is 1. The summed E-state index contributed by atoms with van der Waals surface area (Å²) in [6.07, 6.45) is 0. The minimum Gasteiger partial charge on any atom is -0.377 e. The van der Waals surface area contributed by atoms with Gasteiger partial charge in [0, 0.05) is 13.2 Å². The first-order chi connectivity index (χ1) is 9.63. The number of anilines is 1. The van der Waals surface area contributed by atoms with Crippen LogP contribution in [0.2, 0.25) is 0 Å². The molecule has 0 aliphatic carbocycles. The molecule has 1 aromatic carbocycles. The predicted octanol–water partition coefficient (Wildman–Crippen LogP) is 2.08. The SMILES string of the molecule is COCc1cc(C(=O)Nc2ccc(F)cc2C#N)no1. The topological polar surface area (TPSA) is 88.1 Å². The highest BCUT2D eigenvalue weighted by Gasteiger charge is 2.14. The molecular formula is C13H10FN3O3. The van der Waals surface area contributed by atoms with E-state index in [1.54, 1.807) is 6.07 Å². The fourth-order valence-corrected chi connectivity index (χ4v) is 1.53. The van der Waals surface area contributed by atoms with Gasteiger partial charge >= 0.3 is 0 Å². The number of nitrogens with zero attached hydrogens (tertiary/aromatic N) is 2. The van der Waals surface area contributed by atoms with Crippen molar-refractivity contribution < 1.29 is 18.4 Å². The van der Waals surface area contributed by atoms with Crippen LogP contribution in [0.3, 0.4) is 0 Å². The van der Waals surface area contributed by atoms with Crippen LogP contribution in [0.15, 0.2) is 28.8 Å². The summed E-state index contributed by atoms with van der Waals surface area (Å²) in [6.45, 7) is 0.195. The second-order valence-electron chi connectivity index (χ2n) is 3.87. The van der Waals surface area contributed by atoms with Crippen LogP contribution in [-0.4, -0.2) is 18.2 Å². The highest BCUT2D eigenvalue weighted by atomic mass is 19.1. The Labute approximate surface area is 113 Å². The number of nitriles is 1. The van der Waals surface area contributed by atoms with Crippen LogP contribution in [0.25, 0.3) is 0 Å². The van der Waals surface area contributed by atoms with Gasteiger partial charge in [-0.1, -0.05) is 5.16 Å². The van der Waals surface area contributed by atoms with E-state index in [0.29, 0.717) is 5.76 Å². The van der Waals surface area contributed by atoms with Crippen LogP contribution < -0.4 is 5.32 Å². The van der Waals surface area contributed by atoms with Crippen molar-refractivity contribution in [2.24, 2.45) is 0 Å². The predicted molar refractivity (Wildman–Crippen MR) is 66.3 cm³/mol. The zero-order valence-electron chi connectivity index (χ0n) is 10.5. The number of halogens is 1. The summed E-state index contributed by atoms with van der Waals surface area (Å²) in [4.78, 5) is 11.9. The van der Waals surface area contributed by atoms with Gasteiger partial charge in [-0.2, -0.15) is 5.26 Å². The number of nitrogens with one attached hydrogen (secondary N) is 1. The number of ether oxygens (including phenoxy) is 1. The Hall–Kier alpha value is -2.72. The van der Waals surface area contributed by atoms with Crippen molar-refractivity contribution >= 4 is 11.6 Å². The molecule has 0 atom stereocenters. The Bertz CT molecular complexity index is 676. The number of amides is 1. The summed E-state index contributed by atoms with van der Waals surface area (Å²) in [5.74, 6) is -0.708. The molecule has 0 unspecified atom stereocenters. The van der Waals surface area contributed by atoms with E-state index < -0.39 is 11.7 Å². The number of hydrogen-bond donors (Lipinski definition) is 1. The van der Waals surface area contributed by atoms with E-state index in [0.717, 1.165) is 12.1 Å². The molecule has 1 aromatic heterocycles. The van der Waals surface area contributed by atoms with E-state index in [1.807, 2.05) is 0 Å². The summed E-state index contributed by atoms with van der Waals surface area (Å²) in [5.41, 5.74) is 0.277. The summed E-state index contributed by atoms with van der Waals surface area (Å²) >= 11 is 0. The maximum absolute atomic E-state index is 13.0. The van der Waals surface area contributed by atoms with E-state index >= 15 is 0 Å². The largest absolute Gasteiger partial charge is 0.377 e. The molecule has 0 saturated carbocycles. The van der Waals surface area contributed by atoms with Crippen LogP contribution in [-0.2, 0) is 11.3 Å². The van der Waals surface area contributed by atoms with Crippen molar-refractivity contribution in [3.63, 3.8) is 0 Å². The average molecular weight is 275 g/mol. The quantitative estimate of drug-likeness (QED) is 0.922. The normalized spacial score (nSPS) is 10.1. The van der Waals surface area contributed by atoms with Gasteiger partial charge in [-0.15, -0.1) is 0 Å². The molecule has 0 radical (unpaired) electrons. The highest BCUT2D eigenvalue weighted by Crippen LogP contribution is 2.17. The van der Waals surface area contributed by atoms with Gasteiger partial charge in [-0.05, 0) is 18.2 Å². The first kappa shape index (κ1) is 13.7. The molecule has 6 nitrogen and oxygen atoms in total. The molecule has 1 heterocycles. The zero-order chi connectivity index (χ0) is 14.5. The Kier molecular flexibility index (Phi) is 4.08. The molecule has 1 N–H and O–H groups in total. The third kappa shape index (κ3) is 2.99. The number of aromatic nitrogens is 1. The molecule has 1 amide bonds. The van der Waals surface area contributed by atoms with Crippen molar-refractivity contribution in [3.05, 3.63) is 47.1 Å². The van der Waals surface area contributed by atoms with Crippen molar-refractivity contribution in [2.45, 2.75) is 6.61 Å². The molecule has 2 rings (SSSR count). The van der Waals surface area contributed by atoms with Crippen LogP contribution in [0.5, 0.6) is 0 Å². The molecule has 2 aromatic rings. The molecule has 102 valence electrons. The van der Waals surface area contributed by atoms with Crippen molar-refractivity contribution in [2.75, 3.05) is 12.4 Å². The minimum absolute atomic E-state index is 0.0268. The minimum atomic E-state index is -0.556. The second-order valence-corrected chi connectivity index (χ2v) is 3.87. The fraction of sp³-hybridized carbons (Fsp3) is 0.154. The number of carbonyl (C=O) groups excluding carboxylic acids is 1. The Morgan fingerprint density at radius 2 is 2.35 bits per heavy atom. The van der Waals surface area contributed by atoms with Crippen LogP contribution in [0.4, 0.5) is 10.1 Å². The van der Waals surface area contributed by atoms with Gasteiger partial charge in [0.15, 0.2) is 11.5 Å². The Balaban J connectivity index is 2.17. The third-order valence-corrected chi connectivity index (χ3v) is 2.43. The number of hydrogen-bond acceptors (Lipinski definition) is 5. The highest BCUT2D eigenvalue weighted by molar-refractivity contribution is 6.03. The lowest BCUT2D eigenvalue weighted by Crippen LogP contribution is -2.13. The first-order valence-electron chi connectivity index (χ1n) is 5.59. The number of carbonyl (C=O) groups is 1. The maximum atomic E-state index is 13.0. The number of benzene rings is 1. The van der Waals surface area contributed by atoms with Gasteiger partial charge in [-0.25, -0.2) is 4.39 Å². The molecule has 7 heteroatoms. The summed E-state index contributed by atoms with van der Waals surface area (Å²) in [6, 6.07) is 6.72. The maximum Gasteiger partial charge on any atom is 0.277 e. The van der Waals surface area contributed by atoms with Gasteiger partial charge in [0.1, 0.15) is 18.5 Å². The Morgan fingerprint density at radius 1 is 1.55 bits per heavy atom. The van der Waals surface area contributed by atoms with E-state index in [2.05, 4.69) is 10.5 Å². The van der Waals surface area contributed by atoms with Gasteiger partial charge < -0.3 is 14.6 Å². The smallest absolute Gasteiger partial charge is 0.277 e. The molecule has 0 aliphatic heterocycles. The average Bonchev–Trinajstić information content (AvgIpc) is 2.90. The third-order valence-electron chi connectivity index (χ3n) is 2.43. The lowest BCUT2D eigenvalue weighted by Gasteiger charge is -2.04. The molecule has 0 spiro atoms. The molecule has 0 aliphatic rings. The van der Waals surface area contributed by atoms with Gasteiger partial charge in [0.05, 0.1) is 11.3 Å². The van der Waals surface area contributed by atoms with Crippen molar-refractivity contribution in [1.29, 1.82) is 5.26 Å². The summed E-state index contributed by atoms with van der Waals surface area (Å²) in [5, 5.41) is 14.9. The molecule has 0 fully saturated rings. The van der Waals surface area contributed by atoms with E-state index in [4.69, 9.17) is 14.5 Å². The van der Waals surface area contributed by atoms with Gasteiger partial charge in [-0.3, -0.25) is 4.79 Å². The van der Waals surface area contributed by atoms with E-state index in [-0.39, 0.29) is 23.6 Å². The van der Waals surface area contributed by atoms with Crippen molar-refractivity contribution in [3.8, 4) is 6.07 Å². The summed E-state index contributed by atoms with van der Waals surface area (Å²) < 4.78 is 22.7. The molecular weight excluding hydrogens is 265 g/mol. The zero-order valence-corrected chi connectivity index (χ0v) is 10.5. The summed E-state index contributed by atoms with van der Waals surface area (Å²) in [7, 11) is 1.49. The molecule has 0 bridgehead atoms. The standard InChI is InChI=1S/C13H10FN3O3/c1-19-7-10-5-12(17-20-10)13(18)16-11-3-2-9(14)4-8(11)6-15/h2-5H,7H2,1H3,(H,16,18). The molecule has 20 heavy (non-hydrogen) atoms. The van der Waals surface area contributed by atoms with Gasteiger partial charge in [0.2, 0.25) is 0 Å². The van der Waals surface area contributed by atoms with Gasteiger partial charge in [0.25, 0.3) is 5.91 Å². The van der Waals surface area contributed by atoms with E-state index in [1.165, 1.54) is 19.2 Å². The van der Waals surface area contributed by atoms with Crippen LogP contribution in [0, 0.1) is 17.1 Å². The van der Waals surface area contributed by atoms with E-state index in [9.17, 15) is 9.18 Å². The lowest BCUT2D eigenvalue weighted by molar-refractivity contribution is 0.101. The number of rotatable bonds is 4. The van der Waals surface area contributed by atoms with Crippen molar-refractivity contribution in [1.82, 2.24) is 5.16 Å². The Morgan fingerprint density at radius 3 is 3.05 bits per heavy atom. The lowest BCUT2D eigenvalue weighted by atomic mass is 10.2. The molecule has 0 saturated heterocycles. The first-order valence-corrected chi connectivity index (χ1v) is 5.59. The van der Waals surface area contributed by atoms with Crippen LogP contribution in [0.1, 0.15) is 21.8 Å². The monoisotopic (exact) mass is 275 g/mol. The second kappa shape index (κ2) is 5.95.